The van der Waals surface area contributed by atoms with Crippen molar-refractivity contribution in [2.45, 2.75) is 13.3 Å². The van der Waals surface area contributed by atoms with E-state index in [-0.39, 0.29) is 23.6 Å². The molecule has 0 spiro atoms. The van der Waals surface area contributed by atoms with Crippen LogP contribution in [0.4, 0.5) is 10.1 Å². The molecule has 0 saturated heterocycles. The van der Waals surface area contributed by atoms with Crippen molar-refractivity contribution in [2.75, 3.05) is 19.0 Å². The molecule has 0 radical (unpaired) electrons. The van der Waals surface area contributed by atoms with Crippen molar-refractivity contribution in [3.05, 3.63) is 29.6 Å². The van der Waals surface area contributed by atoms with Crippen molar-refractivity contribution in [3.63, 3.8) is 0 Å². The number of para-hydroxylation sites is 1. The number of carbonyl (C=O) groups excluding carboxylic acids is 1. The molecule has 0 heterocycles. The highest BCUT2D eigenvalue weighted by Gasteiger charge is 2.17. The number of carboxylic acids is 1. The molecule has 104 valence electrons. The second-order valence-electron chi connectivity index (χ2n) is 4.28. The summed E-state index contributed by atoms with van der Waals surface area (Å²) in [5, 5.41) is 11.2. The predicted molar refractivity (Wildman–Crippen MR) is 67.6 cm³/mol. The van der Waals surface area contributed by atoms with Gasteiger partial charge >= 0.3 is 5.97 Å². The Morgan fingerprint density at radius 3 is 2.74 bits per heavy atom. The van der Waals surface area contributed by atoms with Crippen molar-refractivity contribution in [3.8, 4) is 0 Å². The van der Waals surface area contributed by atoms with Gasteiger partial charge < -0.3 is 15.2 Å². The van der Waals surface area contributed by atoms with Gasteiger partial charge in [-0.3, -0.25) is 4.79 Å². The van der Waals surface area contributed by atoms with E-state index in [1.807, 2.05) is 6.92 Å². The van der Waals surface area contributed by atoms with E-state index < -0.39 is 17.7 Å². The molecule has 0 aromatic heterocycles. The van der Waals surface area contributed by atoms with Crippen LogP contribution < -0.4 is 5.32 Å². The summed E-state index contributed by atoms with van der Waals surface area (Å²) in [6, 6.07) is 3.61. The fourth-order valence-electron chi connectivity index (χ4n) is 1.68. The third-order valence-corrected chi connectivity index (χ3v) is 2.49. The van der Waals surface area contributed by atoms with E-state index in [1.165, 1.54) is 19.2 Å². The van der Waals surface area contributed by atoms with E-state index in [0.29, 0.717) is 6.61 Å². The average molecular weight is 269 g/mol. The van der Waals surface area contributed by atoms with E-state index in [9.17, 15) is 14.0 Å². The van der Waals surface area contributed by atoms with Gasteiger partial charge in [0.25, 0.3) is 0 Å². The third-order valence-electron chi connectivity index (χ3n) is 2.49. The fourth-order valence-corrected chi connectivity index (χ4v) is 1.68. The molecule has 1 unspecified atom stereocenters. The Labute approximate surface area is 110 Å². The largest absolute Gasteiger partial charge is 0.478 e. The maximum Gasteiger partial charge on any atom is 0.337 e. The maximum absolute atomic E-state index is 13.6. The minimum atomic E-state index is -1.29. The zero-order chi connectivity index (χ0) is 14.4. The van der Waals surface area contributed by atoms with Gasteiger partial charge in [-0.1, -0.05) is 13.0 Å². The van der Waals surface area contributed by atoms with Gasteiger partial charge in [-0.2, -0.15) is 0 Å². The Morgan fingerprint density at radius 2 is 2.16 bits per heavy atom. The normalized spacial score (nSPS) is 11.9. The number of hydrogen-bond donors (Lipinski definition) is 2. The predicted octanol–water partition coefficient (Wildman–Crippen LogP) is 2.13. The first-order valence-corrected chi connectivity index (χ1v) is 5.76. The third kappa shape index (κ3) is 4.33. The van der Waals surface area contributed by atoms with Gasteiger partial charge in [-0.15, -0.1) is 0 Å². The van der Waals surface area contributed by atoms with Gasteiger partial charge in [0.15, 0.2) is 0 Å². The second-order valence-corrected chi connectivity index (χ2v) is 4.28. The second kappa shape index (κ2) is 6.84. The lowest BCUT2D eigenvalue weighted by Crippen LogP contribution is -2.20. The summed E-state index contributed by atoms with van der Waals surface area (Å²) < 4.78 is 18.4. The van der Waals surface area contributed by atoms with E-state index >= 15 is 0 Å². The highest BCUT2D eigenvalue weighted by atomic mass is 19.1. The zero-order valence-corrected chi connectivity index (χ0v) is 10.8. The van der Waals surface area contributed by atoms with E-state index in [1.54, 1.807) is 0 Å². The van der Waals surface area contributed by atoms with Gasteiger partial charge in [0.2, 0.25) is 5.91 Å². The van der Waals surface area contributed by atoms with E-state index in [2.05, 4.69) is 5.32 Å². The minimum absolute atomic E-state index is 0.0370. The SMILES string of the molecule is COCC(C)CC(=O)Nc1c(F)cccc1C(=O)O. The Balaban J connectivity index is 2.82. The van der Waals surface area contributed by atoms with Crippen molar-refractivity contribution < 1.29 is 23.8 Å². The summed E-state index contributed by atoms with van der Waals surface area (Å²) in [6.07, 6.45) is 0.126. The standard InChI is InChI=1S/C13H16FNO4/c1-8(7-19-2)6-11(16)15-12-9(13(17)18)4-3-5-10(12)14/h3-5,8H,6-7H2,1-2H3,(H,15,16)(H,17,18). The molecule has 1 aromatic rings. The molecule has 0 aliphatic carbocycles. The molecule has 2 N–H and O–H groups in total. The Kier molecular flexibility index (Phi) is 5.44. The summed E-state index contributed by atoms with van der Waals surface area (Å²) in [5.41, 5.74) is -0.572. The topological polar surface area (TPSA) is 75.6 Å². The Morgan fingerprint density at radius 1 is 1.47 bits per heavy atom. The molecule has 1 aromatic carbocycles. The van der Waals surface area contributed by atoms with Crippen molar-refractivity contribution in [2.24, 2.45) is 5.92 Å². The monoisotopic (exact) mass is 269 g/mol. The molecule has 0 bridgehead atoms. The van der Waals surface area contributed by atoms with Crippen molar-refractivity contribution in [1.82, 2.24) is 0 Å². The van der Waals surface area contributed by atoms with E-state index in [0.717, 1.165) is 6.07 Å². The highest BCUT2D eigenvalue weighted by Crippen LogP contribution is 2.20. The number of carbonyl (C=O) groups is 2. The van der Waals surface area contributed by atoms with Crippen LogP contribution >= 0.6 is 0 Å². The summed E-state index contributed by atoms with van der Waals surface area (Å²) >= 11 is 0. The number of halogens is 1. The Hall–Kier alpha value is -1.95. The first-order chi connectivity index (χ1) is 8.95. The van der Waals surface area contributed by atoms with Crippen LogP contribution in [-0.2, 0) is 9.53 Å². The molecule has 0 aliphatic heterocycles. The summed E-state index contributed by atoms with van der Waals surface area (Å²) in [5.74, 6) is -2.55. The highest BCUT2D eigenvalue weighted by molar-refractivity contribution is 6.00. The summed E-state index contributed by atoms with van der Waals surface area (Å²) in [4.78, 5) is 22.6. The zero-order valence-electron chi connectivity index (χ0n) is 10.8. The first-order valence-electron chi connectivity index (χ1n) is 5.76. The quantitative estimate of drug-likeness (QED) is 0.829. The van der Waals surface area contributed by atoms with Crippen LogP contribution in [0, 0.1) is 11.7 Å². The van der Waals surface area contributed by atoms with Crippen LogP contribution in [0.15, 0.2) is 18.2 Å². The lowest BCUT2D eigenvalue weighted by molar-refractivity contribution is -0.117. The number of hydrogen-bond acceptors (Lipinski definition) is 3. The smallest absolute Gasteiger partial charge is 0.337 e. The van der Waals surface area contributed by atoms with Gasteiger partial charge in [0.1, 0.15) is 5.82 Å². The maximum atomic E-state index is 13.6. The number of benzene rings is 1. The molecule has 1 amide bonds. The number of amides is 1. The lowest BCUT2D eigenvalue weighted by Gasteiger charge is -2.12. The molecule has 5 nitrogen and oxygen atoms in total. The van der Waals surface area contributed by atoms with Gasteiger partial charge in [0, 0.05) is 20.1 Å². The molecule has 19 heavy (non-hydrogen) atoms. The summed E-state index contributed by atoms with van der Waals surface area (Å²) in [6.45, 7) is 2.21. The Bertz CT molecular complexity index is 476. The van der Waals surface area contributed by atoms with Crippen molar-refractivity contribution >= 4 is 17.6 Å². The number of rotatable bonds is 6. The van der Waals surface area contributed by atoms with Gasteiger partial charge in [-0.25, -0.2) is 9.18 Å². The van der Waals surface area contributed by atoms with Crippen LogP contribution in [0.3, 0.4) is 0 Å². The molecule has 0 saturated carbocycles. The first kappa shape index (κ1) is 15.1. The summed E-state index contributed by atoms with van der Waals surface area (Å²) in [7, 11) is 1.52. The van der Waals surface area contributed by atoms with Crippen molar-refractivity contribution in [1.29, 1.82) is 0 Å². The molecule has 1 atom stereocenters. The van der Waals surface area contributed by atoms with Gasteiger partial charge in [-0.05, 0) is 18.1 Å². The molecule has 0 aliphatic rings. The minimum Gasteiger partial charge on any atom is -0.478 e. The number of aromatic carboxylic acids is 1. The van der Waals surface area contributed by atoms with Crippen LogP contribution in [0.25, 0.3) is 0 Å². The van der Waals surface area contributed by atoms with Crippen LogP contribution in [-0.4, -0.2) is 30.7 Å². The van der Waals surface area contributed by atoms with Crippen LogP contribution in [0.1, 0.15) is 23.7 Å². The number of anilines is 1. The fraction of sp³-hybridized carbons (Fsp3) is 0.385. The molecular weight excluding hydrogens is 253 g/mol. The average Bonchev–Trinajstić information content (AvgIpc) is 2.31. The van der Waals surface area contributed by atoms with Crippen LogP contribution in [0.2, 0.25) is 0 Å². The number of methoxy groups -OCH3 is 1. The van der Waals surface area contributed by atoms with E-state index in [4.69, 9.17) is 9.84 Å². The molecule has 1 rings (SSSR count). The molecule has 6 heteroatoms. The molecular formula is C13H16FNO4. The number of nitrogens with one attached hydrogen (secondary N) is 1. The molecule has 0 fully saturated rings. The lowest BCUT2D eigenvalue weighted by atomic mass is 10.1. The number of ether oxygens (including phenoxy) is 1. The van der Waals surface area contributed by atoms with Crippen LogP contribution in [0.5, 0.6) is 0 Å². The number of carboxylic acid groups (broad SMARTS) is 1. The van der Waals surface area contributed by atoms with Gasteiger partial charge in [0.05, 0.1) is 11.3 Å².